The lowest BCUT2D eigenvalue weighted by Crippen LogP contribution is -2.40. The van der Waals surface area contributed by atoms with E-state index < -0.39 is 6.29 Å². The van der Waals surface area contributed by atoms with Crippen LogP contribution in [0.25, 0.3) is 0 Å². The van der Waals surface area contributed by atoms with Crippen molar-refractivity contribution in [2.75, 3.05) is 6.61 Å². The highest BCUT2D eigenvalue weighted by Crippen LogP contribution is 2.30. The van der Waals surface area contributed by atoms with Gasteiger partial charge in [-0.15, -0.1) is 0 Å². The van der Waals surface area contributed by atoms with Crippen molar-refractivity contribution < 1.29 is 23.7 Å². The first-order valence-electron chi connectivity index (χ1n) is 11.9. The Morgan fingerprint density at radius 3 is 1.62 bits per heavy atom. The SMILES string of the molecule is CC(C)O[C@H]1O[C@H](COCc2ccccc2)[C@@H](OCc2ccccc2)[C@H]1OCc1ccccc1. The number of hydrogen-bond donors (Lipinski definition) is 0. The van der Waals surface area contributed by atoms with E-state index in [1.165, 1.54) is 0 Å². The van der Waals surface area contributed by atoms with E-state index >= 15 is 0 Å². The molecule has 0 spiro atoms. The van der Waals surface area contributed by atoms with Crippen molar-refractivity contribution in [1.82, 2.24) is 0 Å². The van der Waals surface area contributed by atoms with Crippen LogP contribution in [-0.2, 0) is 43.5 Å². The third-order valence-corrected chi connectivity index (χ3v) is 5.64. The van der Waals surface area contributed by atoms with Gasteiger partial charge < -0.3 is 23.7 Å². The van der Waals surface area contributed by atoms with E-state index in [-0.39, 0.29) is 24.4 Å². The molecule has 0 aromatic heterocycles. The molecule has 0 radical (unpaired) electrons. The van der Waals surface area contributed by atoms with Gasteiger partial charge in [0.2, 0.25) is 0 Å². The minimum Gasteiger partial charge on any atom is -0.374 e. The molecular weight excluding hydrogens is 428 g/mol. The molecule has 3 aromatic rings. The summed E-state index contributed by atoms with van der Waals surface area (Å²) in [7, 11) is 0. The molecule has 5 nitrogen and oxygen atoms in total. The summed E-state index contributed by atoms with van der Waals surface area (Å²) in [5.74, 6) is 0. The highest BCUT2D eigenvalue weighted by molar-refractivity contribution is 5.15. The summed E-state index contributed by atoms with van der Waals surface area (Å²) in [5.41, 5.74) is 3.31. The summed E-state index contributed by atoms with van der Waals surface area (Å²) < 4.78 is 31.2. The van der Waals surface area contributed by atoms with Gasteiger partial charge in [-0.1, -0.05) is 91.0 Å². The van der Waals surface area contributed by atoms with Crippen LogP contribution >= 0.6 is 0 Å². The van der Waals surface area contributed by atoms with Gasteiger partial charge in [0.15, 0.2) is 6.29 Å². The molecule has 1 aliphatic heterocycles. The summed E-state index contributed by atoms with van der Waals surface area (Å²) in [6.45, 7) is 5.81. The van der Waals surface area contributed by atoms with Gasteiger partial charge >= 0.3 is 0 Å². The molecule has 1 fully saturated rings. The molecular formula is C29H34O5. The molecule has 1 heterocycles. The predicted molar refractivity (Wildman–Crippen MR) is 131 cm³/mol. The van der Waals surface area contributed by atoms with Crippen molar-refractivity contribution >= 4 is 0 Å². The molecule has 4 rings (SSSR count). The zero-order chi connectivity index (χ0) is 23.6. The minimum atomic E-state index is -0.533. The largest absolute Gasteiger partial charge is 0.374 e. The first-order chi connectivity index (χ1) is 16.7. The van der Waals surface area contributed by atoms with Gasteiger partial charge in [0.05, 0.1) is 32.5 Å². The van der Waals surface area contributed by atoms with E-state index in [1.54, 1.807) is 0 Å². The molecule has 180 valence electrons. The normalized spacial score (nSPS) is 22.3. The molecule has 0 unspecified atom stereocenters. The molecule has 5 heteroatoms. The van der Waals surface area contributed by atoms with E-state index in [4.69, 9.17) is 23.7 Å². The Hall–Kier alpha value is -2.54. The van der Waals surface area contributed by atoms with Crippen LogP contribution in [0.2, 0.25) is 0 Å². The van der Waals surface area contributed by atoms with Crippen LogP contribution in [0, 0.1) is 0 Å². The number of ether oxygens (including phenoxy) is 5. The Balaban J connectivity index is 1.46. The third kappa shape index (κ3) is 7.23. The fourth-order valence-electron chi connectivity index (χ4n) is 3.98. The molecule has 1 saturated heterocycles. The Kier molecular flexibility index (Phi) is 9.25. The van der Waals surface area contributed by atoms with Gasteiger partial charge in [-0.05, 0) is 30.5 Å². The zero-order valence-electron chi connectivity index (χ0n) is 19.9. The fourth-order valence-corrected chi connectivity index (χ4v) is 3.98. The van der Waals surface area contributed by atoms with E-state index in [2.05, 4.69) is 36.4 Å². The maximum atomic E-state index is 6.41. The zero-order valence-corrected chi connectivity index (χ0v) is 19.9. The van der Waals surface area contributed by atoms with Gasteiger partial charge in [0.1, 0.15) is 18.3 Å². The van der Waals surface area contributed by atoms with E-state index in [0.717, 1.165) is 16.7 Å². The topological polar surface area (TPSA) is 46.2 Å². The molecule has 4 atom stereocenters. The molecule has 0 N–H and O–H groups in total. The van der Waals surface area contributed by atoms with Gasteiger partial charge in [0.25, 0.3) is 0 Å². The van der Waals surface area contributed by atoms with Crippen LogP contribution < -0.4 is 0 Å². The number of hydrogen-bond acceptors (Lipinski definition) is 5. The Labute approximate surface area is 202 Å². The highest BCUT2D eigenvalue weighted by Gasteiger charge is 2.47. The summed E-state index contributed by atoms with van der Waals surface area (Å²) >= 11 is 0. The van der Waals surface area contributed by atoms with E-state index in [0.29, 0.717) is 26.4 Å². The second-order valence-electron chi connectivity index (χ2n) is 8.75. The van der Waals surface area contributed by atoms with Crippen LogP contribution in [0.3, 0.4) is 0 Å². The summed E-state index contributed by atoms with van der Waals surface area (Å²) in [6, 6.07) is 30.4. The smallest absolute Gasteiger partial charge is 0.187 e. The summed E-state index contributed by atoms with van der Waals surface area (Å²) in [4.78, 5) is 0. The molecule has 0 bridgehead atoms. The average molecular weight is 463 g/mol. The van der Waals surface area contributed by atoms with Crippen molar-refractivity contribution in [2.24, 2.45) is 0 Å². The second kappa shape index (κ2) is 12.8. The maximum Gasteiger partial charge on any atom is 0.187 e. The first kappa shape index (κ1) is 24.6. The van der Waals surface area contributed by atoms with Crippen molar-refractivity contribution in [3.05, 3.63) is 108 Å². The van der Waals surface area contributed by atoms with Crippen LogP contribution in [0.4, 0.5) is 0 Å². The Morgan fingerprint density at radius 2 is 1.12 bits per heavy atom. The van der Waals surface area contributed by atoms with Crippen LogP contribution in [0.15, 0.2) is 91.0 Å². The molecule has 3 aromatic carbocycles. The van der Waals surface area contributed by atoms with E-state index in [1.807, 2.05) is 68.4 Å². The predicted octanol–water partition coefficient (Wildman–Crippen LogP) is 5.52. The molecule has 0 aliphatic carbocycles. The third-order valence-electron chi connectivity index (χ3n) is 5.64. The van der Waals surface area contributed by atoms with Crippen molar-refractivity contribution in [1.29, 1.82) is 0 Å². The quantitative estimate of drug-likeness (QED) is 0.354. The van der Waals surface area contributed by atoms with Crippen LogP contribution in [0.5, 0.6) is 0 Å². The van der Waals surface area contributed by atoms with Crippen LogP contribution in [0.1, 0.15) is 30.5 Å². The second-order valence-corrected chi connectivity index (χ2v) is 8.75. The molecule has 1 aliphatic rings. The lowest BCUT2D eigenvalue weighted by Gasteiger charge is -2.25. The summed E-state index contributed by atoms with van der Waals surface area (Å²) in [5, 5.41) is 0. The maximum absolute atomic E-state index is 6.41. The lowest BCUT2D eigenvalue weighted by molar-refractivity contribution is -0.200. The van der Waals surface area contributed by atoms with Crippen molar-refractivity contribution in [3.8, 4) is 0 Å². The number of benzene rings is 3. The summed E-state index contributed by atoms with van der Waals surface area (Å²) in [6.07, 6.45) is -1.56. The minimum absolute atomic E-state index is 0.00779. The number of rotatable bonds is 12. The van der Waals surface area contributed by atoms with Gasteiger partial charge in [-0.3, -0.25) is 0 Å². The van der Waals surface area contributed by atoms with Crippen LogP contribution in [-0.4, -0.2) is 37.3 Å². The van der Waals surface area contributed by atoms with E-state index in [9.17, 15) is 0 Å². The standard InChI is InChI=1S/C29H34O5/c1-22(2)33-29-28(32-20-25-16-10-5-11-17-25)27(31-19-24-14-8-4-9-15-24)26(34-29)21-30-18-23-12-6-3-7-13-23/h3-17,22,26-29H,18-21H2,1-2H3/t26-,27-,28-,29+/m1/s1. The monoisotopic (exact) mass is 462 g/mol. The average Bonchev–Trinajstić information content (AvgIpc) is 3.18. The highest BCUT2D eigenvalue weighted by atomic mass is 16.7. The Morgan fingerprint density at radius 1 is 0.647 bits per heavy atom. The van der Waals surface area contributed by atoms with Gasteiger partial charge in [-0.2, -0.15) is 0 Å². The molecule has 34 heavy (non-hydrogen) atoms. The Bertz CT molecular complexity index is 948. The van der Waals surface area contributed by atoms with Crippen molar-refractivity contribution in [3.63, 3.8) is 0 Å². The fraction of sp³-hybridized carbons (Fsp3) is 0.379. The van der Waals surface area contributed by atoms with Crippen molar-refractivity contribution in [2.45, 2.75) is 64.4 Å². The van der Waals surface area contributed by atoms with Gasteiger partial charge in [-0.25, -0.2) is 0 Å². The first-order valence-corrected chi connectivity index (χ1v) is 11.9. The lowest BCUT2D eigenvalue weighted by atomic mass is 10.1. The molecule has 0 saturated carbocycles. The van der Waals surface area contributed by atoms with Gasteiger partial charge in [0, 0.05) is 0 Å². The molecule has 0 amide bonds.